The molecule has 0 aliphatic carbocycles. The standard InChI is InChI=1S/C23H30N4O4/c1-6-31-22(29)18-14(2)16-13-27(12-15-10-8-7-9-11-15)20-17(19(16)24(18)3)21(28)26(5)23(30)25(20)4/h7-11,14,16,18-19H,6,12-13H2,1-5H3/t14-,16-,18-,19+/m0/s1. The molecule has 0 N–H and O–H groups in total. The van der Waals surface area contributed by atoms with Crippen molar-refractivity contribution in [2.75, 3.05) is 25.1 Å². The highest BCUT2D eigenvalue weighted by Crippen LogP contribution is 2.49. The second-order valence-corrected chi connectivity index (χ2v) is 8.64. The maximum atomic E-state index is 13.4. The fourth-order valence-electron chi connectivity index (χ4n) is 5.44. The maximum Gasteiger partial charge on any atom is 0.332 e. The first-order chi connectivity index (χ1) is 14.8. The number of aromatic nitrogens is 2. The molecule has 0 bridgehead atoms. The third kappa shape index (κ3) is 3.29. The third-order valence-corrected chi connectivity index (χ3v) is 6.89. The van der Waals surface area contributed by atoms with Gasteiger partial charge in [-0.2, -0.15) is 0 Å². The van der Waals surface area contributed by atoms with Crippen LogP contribution in [0.5, 0.6) is 0 Å². The number of rotatable bonds is 4. The number of nitrogens with zero attached hydrogens (tertiary/aromatic N) is 4. The van der Waals surface area contributed by atoms with E-state index in [0.717, 1.165) is 10.1 Å². The number of ether oxygens (including phenoxy) is 1. The van der Waals surface area contributed by atoms with E-state index in [1.54, 1.807) is 18.5 Å². The Bertz CT molecular complexity index is 1110. The van der Waals surface area contributed by atoms with Gasteiger partial charge in [0, 0.05) is 39.1 Å². The van der Waals surface area contributed by atoms with Crippen LogP contribution in [0.1, 0.15) is 31.0 Å². The minimum absolute atomic E-state index is 0.00223. The smallest absolute Gasteiger partial charge is 0.332 e. The third-order valence-electron chi connectivity index (χ3n) is 6.89. The van der Waals surface area contributed by atoms with Gasteiger partial charge in [-0.1, -0.05) is 37.3 Å². The molecule has 2 aromatic rings. The van der Waals surface area contributed by atoms with E-state index >= 15 is 0 Å². The van der Waals surface area contributed by atoms with Gasteiger partial charge >= 0.3 is 11.7 Å². The average Bonchev–Trinajstić information content (AvgIpc) is 3.00. The monoisotopic (exact) mass is 426 g/mol. The highest BCUT2D eigenvalue weighted by atomic mass is 16.5. The van der Waals surface area contributed by atoms with Gasteiger partial charge < -0.3 is 9.64 Å². The molecule has 8 nitrogen and oxygen atoms in total. The van der Waals surface area contributed by atoms with Crippen LogP contribution in [0.4, 0.5) is 5.82 Å². The molecular formula is C23H30N4O4. The Hall–Kier alpha value is -2.87. The largest absolute Gasteiger partial charge is 0.465 e. The molecule has 166 valence electrons. The van der Waals surface area contributed by atoms with Crippen molar-refractivity contribution in [3.8, 4) is 0 Å². The molecule has 4 atom stereocenters. The number of benzene rings is 1. The van der Waals surface area contributed by atoms with Crippen LogP contribution in [0.15, 0.2) is 39.9 Å². The normalized spacial score (nSPS) is 25.3. The van der Waals surface area contributed by atoms with E-state index in [1.807, 2.05) is 42.3 Å². The summed E-state index contributed by atoms with van der Waals surface area (Å²) in [5, 5.41) is 0. The van der Waals surface area contributed by atoms with Gasteiger partial charge in [0.15, 0.2) is 0 Å². The van der Waals surface area contributed by atoms with Gasteiger partial charge in [0.2, 0.25) is 0 Å². The predicted molar refractivity (Wildman–Crippen MR) is 118 cm³/mol. The number of carbonyl (C=O) groups excluding carboxylic acids is 1. The molecule has 8 heteroatoms. The number of hydrogen-bond donors (Lipinski definition) is 0. The fourth-order valence-corrected chi connectivity index (χ4v) is 5.44. The van der Waals surface area contributed by atoms with Crippen molar-refractivity contribution in [1.29, 1.82) is 0 Å². The van der Waals surface area contributed by atoms with Crippen molar-refractivity contribution in [2.45, 2.75) is 32.5 Å². The second-order valence-electron chi connectivity index (χ2n) is 8.64. The van der Waals surface area contributed by atoms with Gasteiger partial charge in [0.25, 0.3) is 5.56 Å². The molecule has 1 aromatic carbocycles. The summed E-state index contributed by atoms with van der Waals surface area (Å²) in [5.41, 5.74) is 1.03. The Morgan fingerprint density at radius 1 is 1.10 bits per heavy atom. The second kappa shape index (κ2) is 8.00. The van der Waals surface area contributed by atoms with Crippen LogP contribution in [0.25, 0.3) is 0 Å². The van der Waals surface area contributed by atoms with Gasteiger partial charge in [-0.05, 0) is 25.5 Å². The Labute approximate surface area is 181 Å². The number of anilines is 1. The predicted octanol–water partition coefficient (Wildman–Crippen LogP) is 1.27. The molecule has 1 fully saturated rings. The van der Waals surface area contributed by atoms with Gasteiger partial charge in [0.05, 0.1) is 12.2 Å². The zero-order chi connectivity index (χ0) is 22.4. The summed E-state index contributed by atoms with van der Waals surface area (Å²) < 4.78 is 8.07. The molecule has 1 aromatic heterocycles. The molecule has 1 saturated heterocycles. The van der Waals surface area contributed by atoms with Gasteiger partial charge in [-0.15, -0.1) is 0 Å². The minimum atomic E-state index is -0.429. The van der Waals surface area contributed by atoms with Crippen molar-refractivity contribution < 1.29 is 9.53 Å². The van der Waals surface area contributed by atoms with E-state index in [0.29, 0.717) is 31.1 Å². The topological polar surface area (TPSA) is 76.8 Å². The van der Waals surface area contributed by atoms with E-state index in [-0.39, 0.29) is 35.1 Å². The Morgan fingerprint density at radius 2 is 1.77 bits per heavy atom. The lowest BCUT2D eigenvalue weighted by molar-refractivity contribution is -0.149. The average molecular weight is 427 g/mol. The molecule has 0 spiro atoms. The van der Waals surface area contributed by atoms with E-state index < -0.39 is 6.04 Å². The lowest BCUT2D eigenvalue weighted by Gasteiger charge is -2.41. The van der Waals surface area contributed by atoms with Gasteiger partial charge in [0.1, 0.15) is 11.9 Å². The summed E-state index contributed by atoms with van der Waals surface area (Å²) in [4.78, 5) is 43.0. The molecule has 0 amide bonds. The van der Waals surface area contributed by atoms with Crippen LogP contribution in [0.2, 0.25) is 0 Å². The zero-order valence-electron chi connectivity index (χ0n) is 18.7. The Kier molecular flexibility index (Phi) is 5.51. The molecule has 0 radical (unpaired) electrons. The number of hydrogen-bond acceptors (Lipinski definition) is 6. The first-order valence-electron chi connectivity index (χ1n) is 10.7. The highest BCUT2D eigenvalue weighted by Gasteiger charge is 2.54. The quantitative estimate of drug-likeness (QED) is 0.686. The molecular weight excluding hydrogens is 396 g/mol. The van der Waals surface area contributed by atoms with E-state index in [1.165, 1.54) is 7.05 Å². The molecule has 0 saturated carbocycles. The molecule has 2 aliphatic rings. The first-order valence-corrected chi connectivity index (χ1v) is 10.7. The summed E-state index contributed by atoms with van der Waals surface area (Å²) in [6.07, 6.45) is 0. The molecule has 3 heterocycles. The SMILES string of the molecule is CCOC(=O)[C@@H]1[C@@H](C)[C@@H]2CN(Cc3ccccc3)c3c(c(=O)n(C)c(=O)n3C)[C@@H]2N1C. The van der Waals surface area contributed by atoms with Gasteiger partial charge in [-0.3, -0.25) is 23.6 Å². The molecule has 2 aliphatic heterocycles. The molecule has 4 rings (SSSR count). The summed E-state index contributed by atoms with van der Waals surface area (Å²) in [7, 11) is 5.10. The lowest BCUT2D eigenvalue weighted by atomic mass is 9.83. The molecule has 0 unspecified atom stereocenters. The highest BCUT2D eigenvalue weighted by molar-refractivity contribution is 5.77. The zero-order valence-corrected chi connectivity index (χ0v) is 18.7. The van der Waals surface area contributed by atoms with E-state index in [4.69, 9.17) is 4.74 Å². The van der Waals surface area contributed by atoms with Crippen LogP contribution in [-0.4, -0.2) is 46.2 Å². The van der Waals surface area contributed by atoms with Crippen LogP contribution in [0.3, 0.4) is 0 Å². The van der Waals surface area contributed by atoms with Crippen LogP contribution in [-0.2, 0) is 30.2 Å². The van der Waals surface area contributed by atoms with Crippen LogP contribution in [0, 0.1) is 11.8 Å². The number of likely N-dealkylation sites (tertiary alicyclic amines) is 1. The van der Waals surface area contributed by atoms with E-state index in [9.17, 15) is 14.4 Å². The van der Waals surface area contributed by atoms with Crippen molar-refractivity contribution in [3.63, 3.8) is 0 Å². The minimum Gasteiger partial charge on any atom is -0.465 e. The number of esters is 1. The summed E-state index contributed by atoms with van der Waals surface area (Å²) in [6, 6.07) is 9.32. The van der Waals surface area contributed by atoms with Crippen molar-refractivity contribution >= 4 is 11.8 Å². The van der Waals surface area contributed by atoms with Crippen molar-refractivity contribution in [2.24, 2.45) is 25.9 Å². The van der Waals surface area contributed by atoms with Crippen LogP contribution >= 0.6 is 0 Å². The maximum absolute atomic E-state index is 13.4. The number of fused-ring (bicyclic) bond motifs is 3. The molecule has 31 heavy (non-hydrogen) atoms. The summed E-state index contributed by atoms with van der Waals surface area (Å²) >= 11 is 0. The van der Waals surface area contributed by atoms with Crippen molar-refractivity contribution in [3.05, 3.63) is 62.3 Å². The van der Waals surface area contributed by atoms with Gasteiger partial charge in [-0.25, -0.2) is 4.79 Å². The van der Waals surface area contributed by atoms with Crippen molar-refractivity contribution in [1.82, 2.24) is 14.0 Å². The Morgan fingerprint density at radius 3 is 2.42 bits per heavy atom. The fraction of sp³-hybridized carbons (Fsp3) is 0.522. The Balaban J connectivity index is 1.88. The van der Waals surface area contributed by atoms with Crippen LogP contribution < -0.4 is 16.1 Å². The summed E-state index contributed by atoms with van der Waals surface area (Å²) in [6.45, 7) is 5.40. The summed E-state index contributed by atoms with van der Waals surface area (Å²) in [5.74, 6) is 0.440. The number of carbonyl (C=O) groups is 1. The van der Waals surface area contributed by atoms with E-state index in [2.05, 4.69) is 11.8 Å². The first kappa shape index (κ1) is 21.4. The lowest BCUT2D eigenvalue weighted by Crippen LogP contribution is -2.50. The number of likely N-dealkylation sites (N-methyl/N-ethyl adjacent to an activating group) is 1.